The van der Waals surface area contributed by atoms with Crippen molar-refractivity contribution in [2.45, 2.75) is 13.0 Å². The van der Waals surface area contributed by atoms with Gasteiger partial charge in [-0.2, -0.15) is 0 Å². The predicted octanol–water partition coefficient (Wildman–Crippen LogP) is 3.47. The van der Waals surface area contributed by atoms with Gasteiger partial charge in [0.15, 0.2) is 0 Å². The molecule has 0 radical (unpaired) electrons. The highest BCUT2D eigenvalue weighted by atomic mass is 19.1. The van der Waals surface area contributed by atoms with Gasteiger partial charge in [0.2, 0.25) is 5.91 Å². The van der Waals surface area contributed by atoms with Crippen LogP contribution in [0.2, 0.25) is 0 Å². The Morgan fingerprint density at radius 2 is 1.81 bits per heavy atom. The quantitative estimate of drug-likeness (QED) is 0.822. The Bertz CT molecular complexity index is 795. The van der Waals surface area contributed by atoms with E-state index < -0.39 is 0 Å². The summed E-state index contributed by atoms with van der Waals surface area (Å²) in [5.74, 6) is -0.456. The molecule has 4 nitrogen and oxygen atoms in total. The van der Waals surface area contributed by atoms with Gasteiger partial charge < -0.3 is 15.1 Å². The molecule has 1 heterocycles. The van der Waals surface area contributed by atoms with Crippen LogP contribution in [-0.2, 0) is 4.79 Å². The molecule has 1 N–H and O–H groups in total. The molecule has 1 saturated heterocycles. The highest BCUT2D eigenvalue weighted by molar-refractivity contribution is 5.92. The fourth-order valence-electron chi connectivity index (χ4n) is 3.15. The lowest BCUT2D eigenvalue weighted by Gasteiger charge is -2.34. The van der Waals surface area contributed by atoms with Crippen LogP contribution in [0.25, 0.3) is 6.08 Å². The molecule has 0 saturated carbocycles. The minimum atomic E-state index is -0.287. The summed E-state index contributed by atoms with van der Waals surface area (Å²) < 4.78 is 12.9. The van der Waals surface area contributed by atoms with Crippen molar-refractivity contribution in [1.82, 2.24) is 10.2 Å². The number of benzene rings is 2. The third-order valence-corrected chi connectivity index (χ3v) is 4.89. The second-order valence-corrected chi connectivity index (χ2v) is 7.00. The maximum atomic E-state index is 12.9. The SMILES string of the molecule is CC(NC(=O)C=Cc1ccc(F)cc1)c1cccc(N2CCN(C)CC2)c1. The lowest BCUT2D eigenvalue weighted by molar-refractivity contribution is -0.117. The molecule has 1 unspecified atom stereocenters. The van der Waals surface area contributed by atoms with Crippen molar-refractivity contribution in [3.05, 3.63) is 71.6 Å². The van der Waals surface area contributed by atoms with E-state index in [0.29, 0.717) is 0 Å². The van der Waals surface area contributed by atoms with Gasteiger partial charge in [0, 0.05) is 37.9 Å². The molecule has 142 valence electrons. The van der Waals surface area contributed by atoms with E-state index in [1.165, 1.54) is 23.9 Å². The number of hydrogen-bond acceptors (Lipinski definition) is 3. The maximum absolute atomic E-state index is 12.9. The van der Waals surface area contributed by atoms with Crippen molar-refractivity contribution in [3.8, 4) is 0 Å². The van der Waals surface area contributed by atoms with Crippen LogP contribution in [0, 0.1) is 5.82 Å². The monoisotopic (exact) mass is 367 g/mol. The molecule has 3 rings (SSSR count). The van der Waals surface area contributed by atoms with Gasteiger partial charge in [-0.15, -0.1) is 0 Å². The van der Waals surface area contributed by atoms with Crippen LogP contribution in [0.1, 0.15) is 24.1 Å². The van der Waals surface area contributed by atoms with Gasteiger partial charge in [0.1, 0.15) is 5.82 Å². The van der Waals surface area contributed by atoms with Gasteiger partial charge >= 0.3 is 0 Å². The second kappa shape index (κ2) is 8.82. The first kappa shape index (κ1) is 19.1. The van der Waals surface area contributed by atoms with Crippen LogP contribution in [-0.4, -0.2) is 44.0 Å². The third kappa shape index (κ3) is 5.41. The molecule has 0 aliphatic carbocycles. The lowest BCUT2D eigenvalue weighted by atomic mass is 10.1. The largest absolute Gasteiger partial charge is 0.369 e. The van der Waals surface area contributed by atoms with E-state index in [9.17, 15) is 9.18 Å². The van der Waals surface area contributed by atoms with Crippen molar-refractivity contribution in [1.29, 1.82) is 0 Å². The molecule has 2 aromatic rings. The summed E-state index contributed by atoms with van der Waals surface area (Å²) in [6, 6.07) is 14.3. The number of anilines is 1. The van der Waals surface area contributed by atoms with E-state index in [0.717, 1.165) is 37.3 Å². The fourth-order valence-corrected chi connectivity index (χ4v) is 3.15. The van der Waals surface area contributed by atoms with E-state index in [-0.39, 0.29) is 17.8 Å². The predicted molar refractivity (Wildman–Crippen MR) is 108 cm³/mol. The molecule has 1 amide bonds. The van der Waals surface area contributed by atoms with Crippen LogP contribution in [0.5, 0.6) is 0 Å². The number of halogens is 1. The Morgan fingerprint density at radius 3 is 2.52 bits per heavy atom. The summed E-state index contributed by atoms with van der Waals surface area (Å²) in [6.45, 7) is 6.13. The number of amides is 1. The number of rotatable bonds is 5. The first-order valence-corrected chi connectivity index (χ1v) is 9.29. The molecule has 1 atom stereocenters. The normalized spacial score (nSPS) is 16.5. The highest BCUT2D eigenvalue weighted by Gasteiger charge is 2.15. The van der Waals surface area contributed by atoms with Crippen molar-refractivity contribution >= 4 is 17.7 Å². The van der Waals surface area contributed by atoms with E-state index in [1.54, 1.807) is 18.2 Å². The van der Waals surface area contributed by atoms with Crippen molar-refractivity contribution in [2.75, 3.05) is 38.1 Å². The van der Waals surface area contributed by atoms with Gasteiger partial charge in [-0.05, 0) is 55.4 Å². The zero-order chi connectivity index (χ0) is 19.2. The zero-order valence-electron chi connectivity index (χ0n) is 15.9. The molecular formula is C22H26FN3O. The highest BCUT2D eigenvalue weighted by Crippen LogP contribution is 2.21. The molecule has 27 heavy (non-hydrogen) atoms. The molecule has 5 heteroatoms. The summed E-state index contributed by atoms with van der Waals surface area (Å²) in [5.41, 5.74) is 3.06. The number of nitrogens with one attached hydrogen (secondary N) is 1. The molecule has 1 fully saturated rings. The Hall–Kier alpha value is -2.66. The summed E-state index contributed by atoms with van der Waals surface area (Å²) in [7, 11) is 2.14. The van der Waals surface area contributed by atoms with E-state index in [1.807, 2.05) is 19.1 Å². The Balaban J connectivity index is 1.60. The number of carbonyl (C=O) groups excluding carboxylic acids is 1. The van der Waals surface area contributed by atoms with Gasteiger partial charge in [-0.1, -0.05) is 24.3 Å². The summed E-state index contributed by atoms with van der Waals surface area (Å²) >= 11 is 0. The summed E-state index contributed by atoms with van der Waals surface area (Å²) in [6.07, 6.45) is 3.16. The van der Waals surface area contributed by atoms with Gasteiger partial charge in [-0.25, -0.2) is 4.39 Å². The maximum Gasteiger partial charge on any atom is 0.244 e. The van der Waals surface area contributed by atoms with Crippen molar-refractivity contribution in [2.24, 2.45) is 0 Å². The molecular weight excluding hydrogens is 341 g/mol. The third-order valence-electron chi connectivity index (χ3n) is 4.89. The molecule has 2 aromatic carbocycles. The Morgan fingerprint density at radius 1 is 1.11 bits per heavy atom. The lowest BCUT2D eigenvalue weighted by Crippen LogP contribution is -2.44. The van der Waals surface area contributed by atoms with E-state index >= 15 is 0 Å². The molecule has 0 bridgehead atoms. The number of piperazine rings is 1. The van der Waals surface area contributed by atoms with Crippen LogP contribution >= 0.6 is 0 Å². The van der Waals surface area contributed by atoms with Gasteiger partial charge in [-0.3, -0.25) is 4.79 Å². The number of hydrogen-bond donors (Lipinski definition) is 1. The van der Waals surface area contributed by atoms with Crippen molar-refractivity contribution < 1.29 is 9.18 Å². The second-order valence-electron chi connectivity index (χ2n) is 7.00. The smallest absolute Gasteiger partial charge is 0.244 e. The van der Waals surface area contributed by atoms with E-state index in [2.05, 4.69) is 34.3 Å². The zero-order valence-corrected chi connectivity index (χ0v) is 15.9. The standard InChI is InChI=1S/C22H26FN3O/c1-17(24-22(27)11-8-18-6-9-20(23)10-7-18)19-4-3-5-21(16-19)26-14-12-25(2)13-15-26/h3-11,16-17H,12-15H2,1-2H3,(H,24,27). The van der Waals surface area contributed by atoms with Crippen LogP contribution in [0.15, 0.2) is 54.6 Å². The topological polar surface area (TPSA) is 35.6 Å². The molecule has 0 aromatic heterocycles. The Kier molecular flexibility index (Phi) is 6.24. The van der Waals surface area contributed by atoms with Crippen molar-refractivity contribution in [3.63, 3.8) is 0 Å². The van der Waals surface area contributed by atoms with Gasteiger partial charge in [0.05, 0.1) is 6.04 Å². The minimum Gasteiger partial charge on any atom is -0.369 e. The summed E-state index contributed by atoms with van der Waals surface area (Å²) in [4.78, 5) is 16.9. The van der Waals surface area contributed by atoms with Crippen LogP contribution in [0.3, 0.4) is 0 Å². The Labute approximate surface area is 160 Å². The average Bonchev–Trinajstić information content (AvgIpc) is 2.68. The first-order valence-electron chi connectivity index (χ1n) is 9.29. The first-order chi connectivity index (χ1) is 13.0. The van der Waals surface area contributed by atoms with Crippen LogP contribution in [0.4, 0.5) is 10.1 Å². The number of likely N-dealkylation sites (N-methyl/N-ethyl adjacent to an activating group) is 1. The number of nitrogens with zero attached hydrogens (tertiary/aromatic N) is 2. The summed E-state index contributed by atoms with van der Waals surface area (Å²) in [5, 5.41) is 2.99. The minimum absolute atomic E-state index is 0.0946. The molecule has 0 spiro atoms. The van der Waals surface area contributed by atoms with Gasteiger partial charge in [0.25, 0.3) is 0 Å². The van der Waals surface area contributed by atoms with Crippen LogP contribution < -0.4 is 10.2 Å². The van der Waals surface area contributed by atoms with E-state index in [4.69, 9.17) is 0 Å². The number of carbonyl (C=O) groups is 1. The molecule has 1 aliphatic heterocycles. The average molecular weight is 367 g/mol. The fraction of sp³-hybridized carbons (Fsp3) is 0.318. The molecule has 1 aliphatic rings.